The predicted molar refractivity (Wildman–Crippen MR) is 136 cm³/mol. The van der Waals surface area contributed by atoms with Crippen molar-refractivity contribution >= 4 is 57.7 Å². The van der Waals surface area contributed by atoms with Gasteiger partial charge in [0.05, 0.1) is 0 Å². The van der Waals surface area contributed by atoms with Gasteiger partial charge in [0.25, 0.3) is 0 Å². The Morgan fingerprint density at radius 1 is 1.29 bits per heavy atom. The van der Waals surface area contributed by atoms with Crippen molar-refractivity contribution in [3.8, 4) is 0 Å². The second-order valence-electron chi connectivity index (χ2n) is 8.71. The normalized spacial score (nSPS) is 24.7. The fourth-order valence-electron chi connectivity index (χ4n) is 3.90. The molecule has 4 N–H and O–H groups in total. The summed E-state index contributed by atoms with van der Waals surface area (Å²) in [6, 6.07) is 0.302. The van der Waals surface area contributed by atoms with E-state index in [1.54, 1.807) is 0 Å². The Labute approximate surface area is 229 Å². The number of fused-ring (bicyclic) bond motifs is 1. The Bertz CT molecular complexity index is 711. The number of ether oxygens (including phenoxy) is 1. The Morgan fingerprint density at radius 3 is 2.77 bits per heavy atom. The molecular weight excluding hydrogens is 688 g/mol. The van der Waals surface area contributed by atoms with Gasteiger partial charge in [-0.1, -0.05) is 6.92 Å². The maximum absolute atomic E-state index is 12.6. The van der Waals surface area contributed by atoms with E-state index in [-0.39, 0.29) is 42.8 Å². The molecule has 2 saturated heterocycles. The average molecular weight is 728 g/mol. The van der Waals surface area contributed by atoms with Crippen LogP contribution in [0.15, 0.2) is 0 Å². The second-order valence-corrected chi connectivity index (χ2v) is 13.0. The molecule has 0 aromatic rings. The Kier molecular flexibility index (Phi) is 15.0. The molecular formula is C21H40N4O7PSTl. The number of amides is 3. The molecule has 0 saturated carbocycles. The zero-order valence-electron chi connectivity index (χ0n) is 21.0. The molecule has 2 rings (SSSR count). The molecule has 200 valence electrons. The molecule has 2 heterocycles. The number of hydrogen-bond donors (Lipinski definition) is 4. The van der Waals surface area contributed by atoms with Gasteiger partial charge in [-0.3, -0.25) is 0 Å². The van der Waals surface area contributed by atoms with Crippen LogP contribution in [0.25, 0.3) is 0 Å². The van der Waals surface area contributed by atoms with Gasteiger partial charge >= 0.3 is 213 Å². The van der Waals surface area contributed by atoms with Crippen LogP contribution in [0.3, 0.4) is 0 Å². The predicted octanol–water partition coefficient (Wildman–Crippen LogP) is 1.86. The molecule has 35 heavy (non-hydrogen) atoms. The van der Waals surface area contributed by atoms with Gasteiger partial charge in [-0.25, -0.2) is 4.79 Å². The first-order valence-corrected chi connectivity index (χ1v) is 16.7. The third kappa shape index (κ3) is 11.5. The number of rotatable bonds is 19. The molecule has 0 bridgehead atoms. The molecule has 0 aromatic heterocycles. The van der Waals surface area contributed by atoms with Crippen molar-refractivity contribution < 1.29 is 30.6 Å². The minimum absolute atomic E-state index is 0.0303. The number of carbonyl (C=O) groups excluding carboxylic acids is 2. The molecule has 0 aromatic carbocycles. The summed E-state index contributed by atoms with van der Waals surface area (Å²) < 4.78 is 34.2. The van der Waals surface area contributed by atoms with Crippen molar-refractivity contribution in [1.82, 2.24) is 21.0 Å². The third-order valence-corrected chi connectivity index (χ3v) is 10.8. The summed E-state index contributed by atoms with van der Waals surface area (Å²) in [6.45, 7) is 5.49. The average Bonchev–Trinajstić information content (AvgIpc) is 3.40. The van der Waals surface area contributed by atoms with Crippen molar-refractivity contribution in [2.45, 2.75) is 81.9 Å². The third-order valence-electron chi connectivity index (χ3n) is 6.15. The van der Waals surface area contributed by atoms with Crippen LogP contribution in [0.1, 0.15) is 52.4 Å². The van der Waals surface area contributed by atoms with Crippen molar-refractivity contribution in [1.29, 1.82) is 0 Å². The van der Waals surface area contributed by atoms with E-state index in [1.165, 1.54) is 7.11 Å². The van der Waals surface area contributed by atoms with Crippen LogP contribution in [0.4, 0.5) is 4.79 Å². The molecule has 2 aliphatic heterocycles. The van der Waals surface area contributed by atoms with E-state index in [0.29, 0.717) is 70.4 Å². The Hall–Kier alpha value is 0.0421. The summed E-state index contributed by atoms with van der Waals surface area (Å²) in [6.07, 6.45) is 4.50. The SMILES string of the molecule is CCC(C)OCCOP(=O)(NCCC(CCNC(=O)CCCC1SCC2NC(=O)NC21)[O][Tl])OC. The molecule has 6 atom stereocenters. The molecule has 3 amide bonds. The summed E-state index contributed by atoms with van der Waals surface area (Å²) in [5, 5.41) is 12.1. The van der Waals surface area contributed by atoms with E-state index in [2.05, 4.69) is 21.0 Å². The van der Waals surface area contributed by atoms with Crippen LogP contribution in [-0.2, 0) is 25.8 Å². The first-order valence-electron chi connectivity index (χ1n) is 12.3. The van der Waals surface area contributed by atoms with Gasteiger partial charge in [-0.2, -0.15) is 0 Å². The fourth-order valence-corrected chi connectivity index (χ4v) is 7.54. The molecule has 0 aliphatic carbocycles. The first kappa shape index (κ1) is 31.3. The van der Waals surface area contributed by atoms with E-state index in [0.717, 1.165) is 25.0 Å². The van der Waals surface area contributed by atoms with Crippen LogP contribution >= 0.6 is 19.5 Å². The van der Waals surface area contributed by atoms with Crippen molar-refractivity contribution in [2.75, 3.05) is 39.2 Å². The molecule has 6 unspecified atom stereocenters. The van der Waals surface area contributed by atoms with Crippen molar-refractivity contribution in [2.24, 2.45) is 0 Å². The number of hydrogen-bond acceptors (Lipinski definition) is 8. The van der Waals surface area contributed by atoms with Crippen molar-refractivity contribution in [3.05, 3.63) is 0 Å². The van der Waals surface area contributed by atoms with E-state index in [4.69, 9.17) is 16.5 Å². The van der Waals surface area contributed by atoms with E-state index >= 15 is 0 Å². The molecule has 14 heteroatoms. The Balaban J connectivity index is 1.55. The van der Waals surface area contributed by atoms with Gasteiger partial charge < -0.3 is 5.32 Å². The molecule has 0 radical (unpaired) electrons. The molecule has 2 aliphatic rings. The molecule has 11 nitrogen and oxygen atoms in total. The van der Waals surface area contributed by atoms with Crippen LogP contribution < -0.4 is 21.0 Å². The fraction of sp³-hybridized carbons (Fsp3) is 0.905. The number of urea groups is 1. The van der Waals surface area contributed by atoms with E-state index in [9.17, 15) is 14.2 Å². The number of carbonyl (C=O) groups is 2. The van der Waals surface area contributed by atoms with E-state index < -0.39 is 7.75 Å². The van der Waals surface area contributed by atoms with Crippen molar-refractivity contribution in [3.63, 3.8) is 0 Å². The molecule has 2 fully saturated rings. The van der Waals surface area contributed by atoms with Crippen LogP contribution in [0.5, 0.6) is 0 Å². The van der Waals surface area contributed by atoms with Gasteiger partial charge in [-0.15, -0.1) is 0 Å². The first-order chi connectivity index (χ1) is 16.8. The van der Waals surface area contributed by atoms with Gasteiger partial charge in [-0.05, 0) is 0 Å². The van der Waals surface area contributed by atoms with E-state index in [1.807, 2.05) is 25.6 Å². The minimum atomic E-state index is -3.38. The maximum atomic E-state index is 12.6. The quantitative estimate of drug-likeness (QED) is 0.0681. The summed E-state index contributed by atoms with van der Waals surface area (Å²) in [4.78, 5) is 23.7. The summed E-state index contributed by atoms with van der Waals surface area (Å²) in [7, 11) is -2.03. The van der Waals surface area contributed by atoms with Crippen LogP contribution in [0, 0.1) is 0 Å². The second kappa shape index (κ2) is 16.8. The van der Waals surface area contributed by atoms with Gasteiger partial charge in [0.1, 0.15) is 0 Å². The number of nitrogens with one attached hydrogen (secondary N) is 4. The zero-order chi connectivity index (χ0) is 25.7. The summed E-state index contributed by atoms with van der Waals surface area (Å²) in [5.74, 6) is 0.957. The monoisotopic (exact) mass is 728 g/mol. The summed E-state index contributed by atoms with van der Waals surface area (Å²) >= 11 is 2.22. The standard InChI is InChI=1S/C21H40N4O7PS.Tl/c1-4-15(2)31-12-13-32-33(29,30-3)23-11-9-16(26)8-10-22-19(27)7-5-6-18-20-17(14-34-18)24-21(28)25-20;/h15-18,20H,4-14H2,1-3H3,(H,22,27)(H,23,29)(H2,24,25,28);/q-1;+1. The Morgan fingerprint density at radius 2 is 2.06 bits per heavy atom. The summed E-state index contributed by atoms with van der Waals surface area (Å²) in [5.41, 5.74) is 0. The van der Waals surface area contributed by atoms with Crippen LogP contribution in [-0.4, -0.2) is 107 Å². The van der Waals surface area contributed by atoms with Crippen LogP contribution in [0.2, 0.25) is 0 Å². The zero-order valence-corrected chi connectivity index (χ0v) is 27.2. The molecule has 0 spiro atoms. The number of thioether (sulfide) groups is 1. The van der Waals surface area contributed by atoms with Gasteiger partial charge in [0, 0.05) is 0 Å². The van der Waals surface area contributed by atoms with Gasteiger partial charge in [0.2, 0.25) is 0 Å². The van der Waals surface area contributed by atoms with Gasteiger partial charge in [0.15, 0.2) is 0 Å². The topological polar surface area (TPSA) is 136 Å².